The first-order chi connectivity index (χ1) is 10.7. The summed E-state index contributed by atoms with van der Waals surface area (Å²) in [6.07, 6.45) is -4.06. The fraction of sp³-hybridized carbons (Fsp3) is 0.0769. The molecule has 0 fully saturated rings. The van der Waals surface area contributed by atoms with Crippen LogP contribution in [0.25, 0.3) is 0 Å². The number of benzene rings is 1. The molecule has 0 bridgehead atoms. The zero-order valence-electron chi connectivity index (χ0n) is 11.1. The maximum absolute atomic E-state index is 12.6. The summed E-state index contributed by atoms with van der Waals surface area (Å²) in [5.41, 5.74) is -1.44. The van der Waals surface area contributed by atoms with Gasteiger partial charge in [0.25, 0.3) is 5.69 Å². The smallest absolute Gasteiger partial charge is 0.410 e. The van der Waals surface area contributed by atoms with E-state index in [2.05, 4.69) is 10.1 Å². The molecular weight excluding hydrogens is 339 g/mol. The second-order valence-electron chi connectivity index (χ2n) is 4.30. The Morgan fingerprint density at radius 3 is 2.35 bits per heavy atom. The topological polar surface area (TPSA) is 88.6 Å². The van der Waals surface area contributed by atoms with Gasteiger partial charge < -0.3 is 5.21 Å². The molecule has 0 saturated carbocycles. The van der Waals surface area contributed by atoms with E-state index < -0.39 is 16.7 Å². The Hall–Kier alpha value is -2.68. The fourth-order valence-electron chi connectivity index (χ4n) is 1.75. The number of alkyl halides is 3. The lowest BCUT2D eigenvalue weighted by Crippen LogP contribution is -2.11. The average Bonchev–Trinajstić information content (AvgIpc) is 2.49. The van der Waals surface area contributed by atoms with Gasteiger partial charge >= 0.3 is 6.18 Å². The number of nitro benzene ring substituents is 1. The van der Waals surface area contributed by atoms with Crippen LogP contribution < -0.4 is 0 Å². The van der Waals surface area contributed by atoms with Crippen molar-refractivity contribution in [3.8, 4) is 0 Å². The van der Waals surface area contributed by atoms with Crippen LogP contribution >= 0.6 is 11.6 Å². The van der Waals surface area contributed by atoms with E-state index in [1.165, 1.54) is 12.1 Å². The van der Waals surface area contributed by atoms with Crippen molar-refractivity contribution in [3.05, 3.63) is 68.5 Å². The molecule has 0 amide bonds. The minimum atomic E-state index is -4.61. The minimum Gasteiger partial charge on any atom is -0.410 e. The predicted molar refractivity (Wildman–Crippen MR) is 74.8 cm³/mol. The van der Waals surface area contributed by atoms with E-state index in [-0.39, 0.29) is 27.7 Å². The number of pyridine rings is 1. The summed E-state index contributed by atoms with van der Waals surface area (Å²) in [5, 5.41) is 22.3. The van der Waals surface area contributed by atoms with Gasteiger partial charge in [0.2, 0.25) is 0 Å². The Morgan fingerprint density at radius 1 is 1.30 bits per heavy atom. The van der Waals surface area contributed by atoms with Crippen LogP contribution in [0.1, 0.15) is 16.8 Å². The van der Waals surface area contributed by atoms with Gasteiger partial charge in [0.15, 0.2) is 0 Å². The third kappa shape index (κ3) is 3.57. The first-order valence-electron chi connectivity index (χ1n) is 5.94. The van der Waals surface area contributed by atoms with Crippen LogP contribution in [0.15, 0.2) is 41.7 Å². The molecule has 0 radical (unpaired) electrons. The molecule has 0 aliphatic heterocycles. The van der Waals surface area contributed by atoms with Crippen LogP contribution in [0.5, 0.6) is 0 Å². The van der Waals surface area contributed by atoms with Gasteiger partial charge in [-0.3, -0.25) is 15.1 Å². The summed E-state index contributed by atoms with van der Waals surface area (Å²) >= 11 is 5.78. The summed E-state index contributed by atoms with van der Waals surface area (Å²) < 4.78 is 37.8. The maximum atomic E-state index is 12.6. The van der Waals surface area contributed by atoms with Crippen molar-refractivity contribution in [2.75, 3.05) is 0 Å². The molecule has 1 aromatic carbocycles. The minimum absolute atomic E-state index is 0.184. The molecule has 1 heterocycles. The SMILES string of the molecule is O=[N+]([O-])c1ccc(C(=NO)c2ncc(C(F)(F)F)cc2Cl)cc1. The standard InChI is InChI=1S/C13H7ClF3N3O3/c14-10-5-8(13(15,16)17)6-18-12(10)11(19-21)7-1-3-9(4-2-7)20(22)23/h1-6,21H. The number of oxime groups is 1. The van der Waals surface area contributed by atoms with Gasteiger partial charge in [-0.1, -0.05) is 16.8 Å². The van der Waals surface area contributed by atoms with E-state index in [9.17, 15) is 23.3 Å². The normalized spacial score (nSPS) is 12.3. The van der Waals surface area contributed by atoms with Crippen LogP contribution in [0.3, 0.4) is 0 Å². The molecule has 1 N–H and O–H groups in total. The van der Waals surface area contributed by atoms with Crippen molar-refractivity contribution in [2.24, 2.45) is 5.16 Å². The largest absolute Gasteiger partial charge is 0.417 e. The quantitative estimate of drug-likeness (QED) is 0.395. The van der Waals surface area contributed by atoms with Crippen LogP contribution in [0, 0.1) is 10.1 Å². The highest BCUT2D eigenvalue weighted by atomic mass is 35.5. The Bertz CT molecular complexity index is 776. The van der Waals surface area contributed by atoms with Crippen molar-refractivity contribution >= 4 is 23.0 Å². The van der Waals surface area contributed by atoms with Gasteiger partial charge in [0.05, 0.1) is 15.5 Å². The van der Waals surface area contributed by atoms with E-state index in [4.69, 9.17) is 16.8 Å². The van der Waals surface area contributed by atoms with Crippen molar-refractivity contribution < 1.29 is 23.3 Å². The first-order valence-corrected chi connectivity index (χ1v) is 6.32. The number of non-ortho nitro benzene ring substituents is 1. The van der Waals surface area contributed by atoms with Gasteiger partial charge in [0.1, 0.15) is 11.4 Å². The molecule has 120 valence electrons. The predicted octanol–water partition coefficient (Wildman–Crippen LogP) is 3.89. The highest BCUT2D eigenvalue weighted by molar-refractivity contribution is 6.35. The number of halogens is 4. The van der Waals surface area contributed by atoms with E-state index in [1.54, 1.807) is 0 Å². The number of hydrogen-bond donors (Lipinski definition) is 1. The fourth-order valence-corrected chi connectivity index (χ4v) is 2.01. The van der Waals surface area contributed by atoms with E-state index in [1.807, 2.05) is 0 Å². The number of nitrogens with zero attached hydrogens (tertiary/aromatic N) is 3. The average molecular weight is 346 g/mol. The number of nitro groups is 1. The second kappa shape index (κ2) is 6.21. The van der Waals surface area contributed by atoms with E-state index >= 15 is 0 Å². The highest BCUT2D eigenvalue weighted by Crippen LogP contribution is 2.31. The summed E-state index contributed by atoms with van der Waals surface area (Å²) in [5.74, 6) is 0. The van der Waals surface area contributed by atoms with Crippen LogP contribution in [-0.2, 0) is 6.18 Å². The Morgan fingerprint density at radius 2 is 1.91 bits per heavy atom. The van der Waals surface area contributed by atoms with Crippen molar-refractivity contribution in [3.63, 3.8) is 0 Å². The summed E-state index contributed by atoms with van der Waals surface area (Å²) in [7, 11) is 0. The molecule has 0 saturated heterocycles. The molecule has 2 aromatic rings. The summed E-state index contributed by atoms with van der Waals surface area (Å²) in [4.78, 5) is 13.5. The molecule has 0 aliphatic rings. The first kappa shape index (κ1) is 16.7. The third-order valence-electron chi connectivity index (χ3n) is 2.84. The van der Waals surface area contributed by atoms with Gasteiger partial charge in [0, 0.05) is 23.9 Å². The van der Waals surface area contributed by atoms with Gasteiger partial charge in [-0.25, -0.2) is 0 Å². The lowest BCUT2D eigenvalue weighted by Gasteiger charge is -2.10. The molecule has 0 aliphatic carbocycles. The van der Waals surface area contributed by atoms with E-state index in [0.29, 0.717) is 12.3 Å². The molecule has 2 rings (SSSR count). The molecule has 23 heavy (non-hydrogen) atoms. The molecule has 0 unspecified atom stereocenters. The van der Waals surface area contributed by atoms with Crippen LogP contribution in [0.4, 0.5) is 18.9 Å². The summed E-state index contributed by atoms with van der Waals surface area (Å²) in [6.45, 7) is 0. The van der Waals surface area contributed by atoms with Gasteiger partial charge in [-0.05, 0) is 18.2 Å². The van der Waals surface area contributed by atoms with Gasteiger partial charge in [-0.15, -0.1) is 0 Å². The van der Waals surface area contributed by atoms with Crippen molar-refractivity contribution in [1.82, 2.24) is 4.98 Å². The second-order valence-corrected chi connectivity index (χ2v) is 4.71. The summed E-state index contributed by atoms with van der Waals surface area (Å²) in [6, 6.07) is 5.49. The zero-order chi connectivity index (χ0) is 17.2. The molecule has 6 nitrogen and oxygen atoms in total. The molecule has 1 aromatic heterocycles. The van der Waals surface area contributed by atoms with Crippen molar-refractivity contribution in [2.45, 2.75) is 6.18 Å². The maximum Gasteiger partial charge on any atom is 0.417 e. The molecule has 10 heteroatoms. The Kier molecular flexibility index (Phi) is 4.50. The third-order valence-corrected chi connectivity index (χ3v) is 3.13. The lowest BCUT2D eigenvalue weighted by molar-refractivity contribution is -0.384. The van der Waals surface area contributed by atoms with Crippen molar-refractivity contribution in [1.29, 1.82) is 0 Å². The number of aromatic nitrogens is 1. The van der Waals surface area contributed by atoms with Crippen LogP contribution in [-0.4, -0.2) is 20.8 Å². The number of rotatable bonds is 3. The monoisotopic (exact) mass is 345 g/mol. The molecular formula is C13H7ClF3N3O3. The Balaban J connectivity index is 2.44. The zero-order valence-corrected chi connectivity index (χ0v) is 11.8. The molecule has 0 atom stereocenters. The lowest BCUT2D eigenvalue weighted by atomic mass is 10.1. The van der Waals surface area contributed by atoms with Gasteiger partial charge in [-0.2, -0.15) is 13.2 Å². The highest BCUT2D eigenvalue weighted by Gasteiger charge is 2.32. The van der Waals surface area contributed by atoms with Crippen LogP contribution in [0.2, 0.25) is 5.02 Å². The Labute approximate surface area is 132 Å². The number of hydrogen-bond acceptors (Lipinski definition) is 5. The molecule has 0 spiro atoms. The van der Waals surface area contributed by atoms with E-state index in [0.717, 1.165) is 12.1 Å².